The first-order valence-corrected chi connectivity index (χ1v) is 10.4. The van der Waals surface area contributed by atoms with Crippen molar-refractivity contribution in [1.29, 1.82) is 0 Å². The van der Waals surface area contributed by atoms with Gasteiger partial charge in [-0.05, 0) is 48.6 Å². The molecular formula is C21H20N4O3S. The monoisotopic (exact) mass is 408 g/mol. The van der Waals surface area contributed by atoms with Crippen LogP contribution in [0, 0.1) is 12.8 Å². The van der Waals surface area contributed by atoms with Crippen LogP contribution in [0.1, 0.15) is 33.4 Å². The highest BCUT2D eigenvalue weighted by Crippen LogP contribution is 2.38. The van der Waals surface area contributed by atoms with Crippen LogP contribution >= 0.6 is 11.3 Å². The lowest BCUT2D eigenvalue weighted by atomic mass is 9.82. The van der Waals surface area contributed by atoms with Crippen molar-refractivity contribution < 1.29 is 9.90 Å². The third-order valence-electron chi connectivity index (χ3n) is 5.81. The molecule has 0 unspecified atom stereocenters. The smallest absolute Gasteiger partial charge is 0.335 e. The second kappa shape index (κ2) is 6.81. The number of nitrogens with zero attached hydrogens (tertiary/aromatic N) is 4. The molecule has 2 aliphatic heterocycles. The number of pyridine rings is 1. The average molecular weight is 408 g/mol. The minimum Gasteiger partial charge on any atom is -0.478 e. The number of anilines is 1. The van der Waals surface area contributed by atoms with E-state index >= 15 is 0 Å². The van der Waals surface area contributed by atoms with Crippen molar-refractivity contribution in [2.75, 3.05) is 18.0 Å². The van der Waals surface area contributed by atoms with Crippen LogP contribution in [-0.2, 0) is 6.54 Å². The van der Waals surface area contributed by atoms with Gasteiger partial charge in [0.05, 0.1) is 5.56 Å². The molecule has 1 N–H and O–H groups in total. The minimum absolute atomic E-state index is 0.00900. The number of fused-ring (bicyclic) bond motifs is 4. The number of aryl methyl sites for hydroxylation is 1. The number of benzene rings is 1. The highest BCUT2D eigenvalue weighted by molar-refractivity contribution is 7.15. The second-order valence-electron chi connectivity index (χ2n) is 7.81. The summed E-state index contributed by atoms with van der Waals surface area (Å²) in [5.41, 5.74) is 2.99. The quantitative estimate of drug-likeness (QED) is 0.717. The van der Waals surface area contributed by atoms with Crippen molar-refractivity contribution in [2.45, 2.75) is 25.8 Å². The Balaban J connectivity index is 1.51. The third kappa shape index (κ3) is 3.23. The van der Waals surface area contributed by atoms with Gasteiger partial charge in [-0.2, -0.15) is 0 Å². The highest BCUT2D eigenvalue weighted by atomic mass is 32.1. The first-order valence-electron chi connectivity index (χ1n) is 9.61. The molecule has 1 fully saturated rings. The van der Waals surface area contributed by atoms with Crippen LogP contribution in [0.3, 0.4) is 0 Å². The van der Waals surface area contributed by atoms with Crippen LogP contribution in [0.4, 0.5) is 5.13 Å². The number of aromatic nitrogens is 3. The van der Waals surface area contributed by atoms with Crippen LogP contribution in [0.2, 0.25) is 0 Å². The summed E-state index contributed by atoms with van der Waals surface area (Å²) in [7, 11) is 0. The van der Waals surface area contributed by atoms with E-state index < -0.39 is 5.97 Å². The average Bonchev–Trinajstić information content (AvgIpc) is 3.15. The molecule has 0 spiro atoms. The summed E-state index contributed by atoms with van der Waals surface area (Å²) in [6, 6.07) is 10.4. The molecule has 5 rings (SSSR count). The Labute approximate surface area is 171 Å². The van der Waals surface area contributed by atoms with E-state index in [9.17, 15) is 9.59 Å². The molecule has 1 saturated heterocycles. The Morgan fingerprint density at radius 1 is 1.10 bits per heavy atom. The van der Waals surface area contributed by atoms with E-state index in [1.807, 2.05) is 11.5 Å². The standard InChI is InChI=1S/C21H20N4O3S/c1-12-22-23-21(29-12)24-9-13-6-17(11-24)18-7-16(8-19(26)25(18)10-13)14-2-4-15(5-3-14)20(27)28/h2-5,7-8,13,17H,6,9-11H2,1H3,(H,27,28)/t13-,17+/m0/s1. The number of rotatable bonds is 3. The molecule has 2 aliphatic rings. The van der Waals surface area contributed by atoms with Gasteiger partial charge in [0.15, 0.2) is 0 Å². The van der Waals surface area contributed by atoms with Crippen molar-refractivity contribution in [3.8, 4) is 11.1 Å². The largest absolute Gasteiger partial charge is 0.478 e. The number of aromatic carboxylic acids is 1. The number of carboxylic acid groups (broad SMARTS) is 1. The molecule has 3 aromatic rings. The topological polar surface area (TPSA) is 88.3 Å². The predicted molar refractivity (Wildman–Crippen MR) is 111 cm³/mol. The molecule has 0 aliphatic carbocycles. The summed E-state index contributed by atoms with van der Waals surface area (Å²) >= 11 is 1.61. The normalized spacial score (nSPS) is 20.4. The SMILES string of the molecule is Cc1nnc(N2C[C@@H]3C[C@H](C2)c2cc(-c4ccc(C(=O)O)cc4)cc(=O)n2C3)s1. The summed E-state index contributed by atoms with van der Waals surface area (Å²) in [6.45, 7) is 4.40. The molecule has 2 aromatic heterocycles. The van der Waals surface area contributed by atoms with Gasteiger partial charge in [0.2, 0.25) is 5.13 Å². The van der Waals surface area contributed by atoms with Gasteiger partial charge in [0.25, 0.3) is 5.56 Å². The molecule has 0 radical (unpaired) electrons. The minimum atomic E-state index is -0.956. The lowest BCUT2D eigenvalue weighted by Crippen LogP contribution is -2.47. The van der Waals surface area contributed by atoms with E-state index in [0.717, 1.165) is 53.0 Å². The summed E-state index contributed by atoms with van der Waals surface area (Å²) in [5.74, 6) is -0.274. The summed E-state index contributed by atoms with van der Waals surface area (Å²) < 4.78 is 1.91. The molecule has 8 heteroatoms. The van der Waals surface area contributed by atoms with Crippen LogP contribution in [0.5, 0.6) is 0 Å². The lowest BCUT2D eigenvalue weighted by Gasteiger charge is -2.42. The van der Waals surface area contributed by atoms with Gasteiger partial charge in [0.1, 0.15) is 5.01 Å². The fourth-order valence-electron chi connectivity index (χ4n) is 4.50. The fraction of sp³-hybridized carbons (Fsp3) is 0.333. The van der Waals surface area contributed by atoms with Gasteiger partial charge in [-0.1, -0.05) is 23.5 Å². The maximum absolute atomic E-state index is 12.9. The molecule has 7 nitrogen and oxygen atoms in total. The Morgan fingerprint density at radius 3 is 2.59 bits per heavy atom. The molecule has 2 atom stereocenters. The molecule has 29 heavy (non-hydrogen) atoms. The molecule has 148 valence electrons. The van der Waals surface area contributed by atoms with Crippen LogP contribution < -0.4 is 10.5 Å². The van der Waals surface area contributed by atoms with Crippen molar-refractivity contribution in [2.24, 2.45) is 5.92 Å². The molecule has 1 aromatic carbocycles. The number of hydrogen-bond donors (Lipinski definition) is 1. The Morgan fingerprint density at radius 2 is 1.90 bits per heavy atom. The van der Waals surface area contributed by atoms with Crippen molar-refractivity contribution >= 4 is 22.4 Å². The zero-order chi connectivity index (χ0) is 20.1. The van der Waals surface area contributed by atoms with Gasteiger partial charge in [-0.15, -0.1) is 10.2 Å². The highest BCUT2D eigenvalue weighted by Gasteiger charge is 2.36. The number of hydrogen-bond acceptors (Lipinski definition) is 6. The fourth-order valence-corrected chi connectivity index (χ4v) is 5.21. The van der Waals surface area contributed by atoms with E-state index in [1.165, 1.54) is 0 Å². The van der Waals surface area contributed by atoms with Gasteiger partial charge in [-0.25, -0.2) is 4.79 Å². The number of carbonyl (C=O) groups is 1. The van der Waals surface area contributed by atoms with Gasteiger partial charge in [-0.3, -0.25) is 4.79 Å². The summed E-state index contributed by atoms with van der Waals surface area (Å²) in [4.78, 5) is 26.2. The van der Waals surface area contributed by atoms with E-state index in [0.29, 0.717) is 5.92 Å². The molecule has 0 amide bonds. The number of piperidine rings is 1. The summed E-state index contributed by atoms with van der Waals surface area (Å²) in [6.07, 6.45) is 1.06. The van der Waals surface area contributed by atoms with E-state index in [2.05, 4.69) is 21.2 Å². The maximum Gasteiger partial charge on any atom is 0.335 e. The van der Waals surface area contributed by atoms with Crippen molar-refractivity contribution in [3.63, 3.8) is 0 Å². The van der Waals surface area contributed by atoms with Gasteiger partial charge < -0.3 is 14.6 Å². The van der Waals surface area contributed by atoms with E-state index in [4.69, 9.17) is 5.11 Å². The van der Waals surface area contributed by atoms with Crippen LogP contribution in [0.15, 0.2) is 41.2 Å². The zero-order valence-electron chi connectivity index (χ0n) is 15.9. The number of carboxylic acids is 1. The van der Waals surface area contributed by atoms with E-state index in [-0.39, 0.29) is 17.0 Å². The maximum atomic E-state index is 12.9. The Hall–Kier alpha value is -3.00. The molecular weight excluding hydrogens is 388 g/mol. The molecule has 2 bridgehead atoms. The molecule has 0 saturated carbocycles. The first kappa shape index (κ1) is 18.1. The van der Waals surface area contributed by atoms with Gasteiger partial charge >= 0.3 is 5.97 Å². The lowest BCUT2D eigenvalue weighted by molar-refractivity contribution is 0.0697. The first-order chi connectivity index (χ1) is 14.0. The second-order valence-corrected chi connectivity index (χ2v) is 8.97. The van der Waals surface area contributed by atoms with Gasteiger partial charge in [0, 0.05) is 37.3 Å². The predicted octanol–water partition coefficient (Wildman–Crippen LogP) is 3.00. The molecule has 4 heterocycles. The van der Waals surface area contributed by atoms with Crippen LogP contribution in [-0.4, -0.2) is 38.9 Å². The zero-order valence-corrected chi connectivity index (χ0v) is 16.7. The van der Waals surface area contributed by atoms with E-state index in [1.54, 1.807) is 41.7 Å². The van der Waals surface area contributed by atoms with Crippen molar-refractivity contribution in [3.05, 3.63) is 63.0 Å². The van der Waals surface area contributed by atoms with Crippen LogP contribution in [0.25, 0.3) is 11.1 Å². The Bertz CT molecular complexity index is 1150. The summed E-state index contributed by atoms with van der Waals surface area (Å²) in [5, 5.41) is 19.5. The van der Waals surface area contributed by atoms with Crippen molar-refractivity contribution in [1.82, 2.24) is 14.8 Å². The Kier molecular flexibility index (Phi) is 4.24. The third-order valence-corrected chi connectivity index (χ3v) is 6.71.